The molecule has 0 spiro atoms. The Morgan fingerprint density at radius 1 is 1.17 bits per heavy atom. The number of halogens is 1. The largest absolute Gasteiger partial charge is 0.352 e. The van der Waals surface area contributed by atoms with Gasteiger partial charge in [-0.1, -0.05) is 30.3 Å². The molecule has 1 aromatic heterocycles. The van der Waals surface area contributed by atoms with Gasteiger partial charge >= 0.3 is 0 Å². The summed E-state index contributed by atoms with van der Waals surface area (Å²) in [6.45, 7) is 4.67. The van der Waals surface area contributed by atoms with Gasteiger partial charge in [0, 0.05) is 42.7 Å². The number of nitrogens with zero attached hydrogens (tertiary/aromatic N) is 2. The van der Waals surface area contributed by atoms with Gasteiger partial charge in [0.05, 0.1) is 5.69 Å². The first-order valence-corrected chi connectivity index (χ1v) is 9.87. The summed E-state index contributed by atoms with van der Waals surface area (Å²) in [4.78, 5) is 33.8. The van der Waals surface area contributed by atoms with Gasteiger partial charge in [-0.3, -0.25) is 14.6 Å². The Labute approximate surface area is 173 Å². The topological polar surface area (TPSA) is 78.1 Å². The summed E-state index contributed by atoms with van der Waals surface area (Å²) < 4.78 is 13.8. The summed E-state index contributed by atoms with van der Waals surface area (Å²) in [5, 5.41) is 2.97. The molecule has 1 aliphatic rings. The number of aromatic nitrogens is 2. The van der Waals surface area contributed by atoms with Crippen LogP contribution in [0.3, 0.4) is 0 Å². The number of amides is 1. The van der Waals surface area contributed by atoms with Crippen LogP contribution in [-0.2, 0) is 11.3 Å². The zero-order valence-corrected chi connectivity index (χ0v) is 16.9. The summed E-state index contributed by atoms with van der Waals surface area (Å²) in [6.07, 6.45) is 0.288. The molecule has 2 N–H and O–H groups in total. The van der Waals surface area contributed by atoms with Crippen molar-refractivity contribution in [1.82, 2.24) is 9.97 Å². The molecule has 6 nitrogen and oxygen atoms in total. The maximum Gasteiger partial charge on any atom is 0.252 e. The Kier molecular flexibility index (Phi) is 5.35. The second-order valence-electron chi connectivity index (χ2n) is 7.59. The van der Waals surface area contributed by atoms with Gasteiger partial charge in [-0.05, 0) is 37.1 Å². The molecular formula is C23H23FN4O2. The van der Waals surface area contributed by atoms with Crippen LogP contribution in [0.1, 0.15) is 34.7 Å². The molecule has 0 aliphatic carbocycles. The highest BCUT2D eigenvalue weighted by Gasteiger charge is 2.33. The lowest BCUT2D eigenvalue weighted by atomic mass is 10.0. The molecule has 2 aromatic carbocycles. The second kappa shape index (κ2) is 8.10. The van der Waals surface area contributed by atoms with Crippen molar-refractivity contribution >= 4 is 17.5 Å². The zero-order chi connectivity index (χ0) is 21.3. The number of nitrogens with one attached hydrogen (secondary N) is 2. The molecule has 0 saturated carbocycles. The Balaban J connectivity index is 1.54. The fourth-order valence-corrected chi connectivity index (χ4v) is 3.76. The minimum absolute atomic E-state index is 0.0108. The quantitative estimate of drug-likeness (QED) is 0.678. The fraction of sp³-hybridized carbons (Fsp3) is 0.261. The van der Waals surface area contributed by atoms with Gasteiger partial charge in [-0.2, -0.15) is 0 Å². The second-order valence-corrected chi connectivity index (χ2v) is 7.59. The van der Waals surface area contributed by atoms with Crippen LogP contribution in [0.25, 0.3) is 0 Å². The molecular weight excluding hydrogens is 383 g/mol. The standard InChI is InChI=1S/C23H23FN4O2/c1-14-6-5-9-20(15(14)2)28-13-17(10-22(28)30)19-11-21(29)27-23(26-19)25-12-16-7-3-4-8-18(16)24/h3-9,11,17H,10,12-13H2,1-2H3,(H2,25,26,27,29)/t17-/m1/s1. The highest BCUT2D eigenvalue weighted by molar-refractivity contribution is 5.97. The van der Waals surface area contributed by atoms with Crippen molar-refractivity contribution in [3.8, 4) is 0 Å². The van der Waals surface area contributed by atoms with Crippen molar-refractivity contribution in [2.75, 3.05) is 16.8 Å². The Bertz CT molecular complexity index is 1160. The smallest absolute Gasteiger partial charge is 0.252 e. The van der Waals surface area contributed by atoms with Crippen LogP contribution in [0.2, 0.25) is 0 Å². The van der Waals surface area contributed by atoms with Gasteiger partial charge in [0.25, 0.3) is 5.56 Å². The predicted octanol–water partition coefficient (Wildman–Crippen LogP) is 3.66. The highest BCUT2D eigenvalue weighted by Crippen LogP contribution is 2.33. The summed E-state index contributed by atoms with van der Waals surface area (Å²) in [7, 11) is 0. The SMILES string of the molecule is Cc1cccc(N2C[C@H](c3cc(=O)[nH]c(NCc4ccccc4F)n3)CC2=O)c1C. The molecule has 2 heterocycles. The number of aryl methyl sites for hydroxylation is 1. The Morgan fingerprint density at radius 3 is 2.77 bits per heavy atom. The van der Waals surface area contributed by atoms with E-state index in [0.29, 0.717) is 17.8 Å². The van der Waals surface area contributed by atoms with Crippen LogP contribution in [0.15, 0.2) is 53.3 Å². The van der Waals surface area contributed by atoms with E-state index in [-0.39, 0.29) is 42.1 Å². The minimum atomic E-state index is -0.325. The number of rotatable bonds is 5. The summed E-state index contributed by atoms with van der Waals surface area (Å²) in [5.74, 6) is -0.238. The van der Waals surface area contributed by atoms with E-state index in [4.69, 9.17) is 0 Å². The van der Waals surface area contributed by atoms with Crippen molar-refractivity contribution in [1.29, 1.82) is 0 Å². The first-order valence-electron chi connectivity index (χ1n) is 9.87. The summed E-state index contributed by atoms with van der Waals surface area (Å²) in [5.41, 5.74) is 3.80. The van der Waals surface area contributed by atoms with Crippen LogP contribution < -0.4 is 15.8 Å². The molecule has 0 unspecified atom stereocenters. The van der Waals surface area contributed by atoms with Crippen LogP contribution in [0, 0.1) is 19.7 Å². The third kappa shape index (κ3) is 3.96. The lowest BCUT2D eigenvalue weighted by Crippen LogP contribution is -2.25. The lowest BCUT2D eigenvalue weighted by molar-refractivity contribution is -0.117. The average Bonchev–Trinajstić information content (AvgIpc) is 3.11. The van der Waals surface area contributed by atoms with Crippen molar-refractivity contribution in [2.45, 2.75) is 32.7 Å². The third-order valence-electron chi connectivity index (χ3n) is 5.58. The van der Waals surface area contributed by atoms with Crippen molar-refractivity contribution in [2.24, 2.45) is 0 Å². The molecule has 4 rings (SSSR count). The molecule has 1 amide bonds. The Hall–Kier alpha value is -3.48. The number of carbonyl (C=O) groups excluding carboxylic acids is 1. The number of anilines is 2. The van der Waals surface area contributed by atoms with Crippen molar-refractivity contribution < 1.29 is 9.18 Å². The van der Waals surface area contributed by atoms with E-state index in [1.54, 1.807) is 23.1 Å². The number of hydrogen-bond donors (Lipinski definition) is 2. The van der Waals surface area contributed by atoms with E-state index in [9.17, 15) is 14.0 Å². The van der Waals surface area contributed by atoms with E-state index < -0.39 is 0 Å². The number of carbonyl (C=O) groups is 1. The van der Waals surface area contributed by atoms with Crippen molar-refractivity contribution in [3.63, 3.8) is 0 Å². The van der Waals surface area contributed by atoms with Crippen LogP contribution in [0.4, 0.5) is 16.0 Å². The highest BCUT2D eigenvalue weighted by atomic mass is 19.1. The van der Waals surface area contributed by atoms with Crippen LogP contribution in [-0.4, -0.2) is 22.4 Å². The molecule has 1 fully saturated rings. The molecule has 30 heavy (non-hydrogen) atoms. The monoisotopic (exact) mass is 406 g/mol. The van der Waals surface area contributed by atoms with E-state index in [0.717, 1.165) is 16.8 Å². The molecule has 7 heteroatoms. The first kappa shape index (κ1) is 19.8. The van der Waals surface area contributed by atoms with E-state index in [2.05, 4.69) is 15.3 Å². The van der Waals surface area contributed by atoms with Gasteiger partial charge in [-0.25, -0.2) is 9.37 Å². The maximum atomic E-state index is 13.8. The van der Waals surface area contributed by atoms with E-state index in [1.165, 1.54) is 12.1 Å². The predicted molar refractivity (Wildman–Crippen MR) is 114 cm³/mol. The van der Waals surface area contributed by atoms with Gasteiger partial charge in [0.2, 0.25) is 11.9 Å². The summed E-state index contributed by atoms with van der Waals surface area (Å²) in [6, 6.07) is 13.7. The number of hydrogen-bond acceptors (Lipinski definition) is 4. The molecule has 0 radical (unpaired) electrons. The lowest BCUT2D eigenvalue weighted by Gasteiger charge is -2.20. The van der Waals surface area contributed by atoms with Crippen molar-refractivity contribution in [3.05, 3.63) is 87.1 Å². The molecule has 1 aliphatic heterocycles. The van der Waals surface area contributed by atoms with Crippen LogP contribution in [0.5, 0.6) is 0 Å². The van der Waals surface area contributed by atoms with E-state index in [1.807, 2.05) is 32.0 Å². The third-order valence-corrected chi connectivity index (χ3v) is 5.58. The summed E-state index contributed by atoms with van der Waals surface area (Å²) >= 11 is 0. The molecule has 0 bridgehead atoms. The zero-order valence-electron chi connectivity index (χ0n) is 16.9. The number of aromatic amines is 1. The minimum Gasteiger partial charge on any atom is -0.352 e. The number of H-pyrrole nitrogens is 1. The first-order chi connectivity index (χ1) is 14.4. The van der Waals surface area contributed by atoms with Gasteiger partial charge in [-0.15, -0.1) is 0 Å². The molecule has 1 saturated heterocycles. The van der Waals surface area contributed by atoms with Crippen LogP contribution >= 0.6 is 0 Å². The molecule has 154 valence electrons. The normalized spacial score (nSPS) is 16.2. The van der Waals surface area contributed by atoms with Gasteiger partial charge < -0.3 is 10.2 Å². The Morgan fingerprint density at radius 2 is 1.97 bits per heavy atom. The molecule has 3 aromatic rings. The average molecular weight is 406 g/mol. The van der Waals surface area contributed by atoms with E-state index >= 15 is 0 Å². The number of benzene rings is 2. The fourth-order valence-electron chi connectivity index (χ4n) is 3.76. The van der Waals surface area contributed by atoms with Gasteiger partial charge in [0.1, 0.15) is 5.82 Å². The van der Waals surface area contributed by atoms with Gasteiger partial charge in [0.15, 0.2) is 0 Å². The molecule has 1 atom stereocenters. The maximum absolute atomic E-state index is 13.8.